The second kappa shape index (κ2) is 9.06. The first-order valence-electron chi connectivity index (χ1n) is 10.7. The highest BCUT2D eigenvalue weighted by molar-refractivity contribution is 6.04. The monoisotopic (exact) mass is 425 g/mol. The number of hydrogen-bond acceptors (Lipinski definition) is 5. The molecule has 1 fully saturated rings. The standard InChI is InChI=1S/C24H28FN3O3/c1-4-31-24(29)21-12-20(27-8-10-30-11-9-27)13-22-23(21)26-17(3)28(22)15-19-7-5-6-18(14-25)16(19)2/h5-7,12-13H,4,8-11,14-15H2,1-3H3. The van der Waals surface area contributed by atoms with Gasteiger partial charge < -0.3 is 18.9 Å². The Balaban J connectivity index is 1.85. The number of benzene rings is 2. The van der Waals surface area contributed by atoms with Gasteiger partial charge in [0.05, 0.1) is 30.9 Å². The van der Waals surface area contributed by atoms with Crippen LogP contribution in [0.25, 0.3) is 11.0 Å². The molecule has 0 saturated carbocycles. The summed E-state index contributed by atoms with van der Waals surface area (Å²) in [5.41, 5.74) is 5.60. The average Bonchev–Trinajstić information content (AvgIpc) is 3.10. The fourth-order valence-corrected chi connectivity index (χ4v) is 4.12. The lowest BCUT2D eigenvalue weighted by molar-refractivity contribution is 0.0528. The van der Waals surface area contributed by atoms with E-state index in [9.17, 15) is 9.18 Å². The van der Waals surface area contributed by atoms with Gasteiger partial charge in [0.25, 0.3) is 0 Å². The van der Waals surface area contributed by atoms with Crippen molar-refractivity contribution in [2.75, 3.05) is 37.8 Å². The number of fused-ring (bicyclic) bond motifs is 1. The van der Waals surface area contributed by atoms with Gasteiger partial charge in [-0.2, -0.15) is 0 Å². The van der Waals surface area contributed by atoms with Gasteiger partial charge in [-0.3, -0.25) is 0 Å². The minimum absolute atomic E-state index is 0.303. The third-order valence-electron chi connectivity index (χ3n) is 5.93. The maximum absolute atomic E-state index is 13.4. The number of aryl methyl sites for hydroxylation is 1. The number of anilines is 1. The van der Waals surface area contributed by atoms with E-state index < -0.39 is 6.67 Å². The predicted octanol–water partition coefficient (Wildman–Crippen LogP) is 4.18. The quantitative estimate of drug-likeness (QED) is 0.555. The third-order valence-corrected chi connectivity index (χ3v) is 5.93. The van der Waals surface area contributed by atoms with Crippen LogP contribution in [0, 0.1) is 13.8 Å². The van der Waals surface area contributed by atoms with E-state index in [1.807, 2.05) is 38.1 Å². The molecule has 4 rings (SSSR count). The van der Waals surface area contributed by atoms with E-state index in [2.05, 4.69) is 15.5 Å². The van der Waals surface area contributed by atoms with Gasteiger partial charge in [0.1, 0.15) is 18.0 Å². The molecule has 0 atom stereocenters. The SMILES string of the molecule is CCOC(=O)c1cc(N2CCOCC2)cc2c1nc(C)n2Cc1cccc(CF)c1C. The molecule has 0 radical (unpaired) electrons. The van der Waals surface area contributed by atoms with Gasteiger partial charge >= 0.3 is 5.97 Å². The van der Waals surface area contributed by atoms with Crippen LogP contribution >= 0.6 is 0 Å². The van der Waals surface area contributed by atoms with Crippen molar-refractivity contribution in [3.05, 3.63) is 58.4 Å². The van der Waals surface area contributed by atoms with Crippen LogP contribution in [0.2, 0.25) is 0 Å². The highest BCUT2D eigenvalue weighted by atomic mass is 19.1. The highest BCUT2D eigenvalue weighted by Gasteiger charge is 2.22. The molecule has 1 saturated heterocycles. The Hall–Kier alpha value is -2.93. The maximum Gasteiger partial charge on any atom is 0.340 e. The number of carbonyl (C=O) groups excluding carboxylic acids is 1. The first-order valence-corrected chi connectivity index (χ1v) is 10.7. The Morgan fingerprint density at radius 3 is 2.65 bits per heavy atom. The number of imidazole rings is 1. The molecule has 0 amide bonds. The molecule has 6 nitrogen and oxygen atoms in total. The number of esters is 1. The van der Waals surface area contributed by atoms with E-state index in [1.165, 1.54) is 0 Å². The van der Waals surface area contributed by atoms with Crippen molar-refractivity contribution in [3.8, 4) is 0 Å². The van der Waals surface area contributed by atoms with E-state index >= 15 is 0 Å². The molecule has 164 valence electrons. The number of carbonyl (C=O) groups is 1. The number of hydrogen-bond donors (Lipinski definition) is 0. The number of alkyl halides is 1. The fraction of sp³-hybridized carbons (Fsp3) is 0.417. The molecule has 1 aliphatic rings. The van der Waals surface area contributed by atoms with Gasteiger partial charge in [-0.15, -0.1) is 0 Å². The van der Waals surface area contributed by atoms with Crippen LogP contribution in [0.15, 0.2) is 30.3 Å². The average molecular weight is 426 g/mol. The van der Waals surface area contributed by atoms with Crippen molar-refractivity contribution >= 4 is 22.7 Å². The minimum Gasteiger partial charge on any atom is -0.462 e. The summed E-state index contributed by atoms with van der Waals surface area (Å²) in [6.45, 7) is 8.87. The fourth-order valence-electron chi connectivity index (χ4n) is 4.12. The zero-order valence-corrected chi connectivity index (χ0v) is 18.3. The second-order valence-corrected chi connectivity index (χ2v) is 7.76. The number of morpholine rings is 1. The van der Waals surface area contributed by atoms with Crippen molar-refractivity contribution < 1.29 is 18.7 Å². The van der Waals surface area contributed by atoms with Crippen LogP contribution in [-0.2, 0) is 22.7 Å². The number of halogens is 1. The Morgan fingerprint density at radius 1 is 1.19 bits per heavy atom. The molecule has 0 bridgehead atoms. The molecule has 0 N–H and O–H groups in total. The van der Waals surface area contributed by atoms with Crippen LogP contribution in [0.5, 0.6) is 0 Å². The minimum atomic E-state index is -0.489. The predicted molar refractivity (Wildman–Crippen MR) is 119 cm³/mol. The molecule has 2 aromatic carbocycles. The molecular formula is C24H28FN3O3. The van der Waals surface area contributed by atoms with Gasteiger partial charge in [0.2, 0.25) is 0 Å². The van der Waals surface area contributed by atoms with Crippen LogP contribution in [0.4, 0.5) is 10.1 Å². The molecule has 1 aromatic heterocycles. The summed E-state index contributed by atoms with van der Waals surface area (Å²) in [6, 6.07) is 9.66. The van der Waals surface area contributed by atoms with Crippen LogP contribution in [0.3, 0.4) is 0 Å². The zero-order valence-electron chi connectivity index (χ0n) is 18.3. The normalized spacial score (nSPS) is 14.3. The summed E-state index contributed by atoms with van der Waals surface area (Å²) in [5.74, 6) is 0.424. The number of nitrogens with zero attached hydrogens (tertiary/aromatic N) is 3. The van der Waals surface area contributed by atoms with E-state index in [4.69, 9.17) is 14.5 Å². The van der Waals surface area contributed by atoms with E-state index in [-0.39, 0.29) is 5.97 Å². The summed E-state index contributed by atoms with van der Waals surface area (Å²) in [4.78, 5) is 19.7. The second-order valence-electron chi connectivity index (χ2n) is 7.76. The number of ether oxygens (including phenoxy) is 2. The van der Waals surface area contributed by atoms with Crippen molar-refractivity contribution in [3.63, 3.8) is 0 Å². The van der Waals surface area contributed by atoms with Crippen LogP contribution in [0.1, 0.15) is 39.8 Å². The highest BCUT2D eigenvalue weighted by Crippen LogP contribution is 2.29. The Morgan fingerprint density at radius 2 is 1.94 bits per heavy atom. The smallest absolute Gasteiger partial charge is 0.340 e. The molecule has 31 heavy (non-hydrogen) atoms. The molecule has 0 aliphatic carbocycles. The number of aromatic nitrogens is 2. The summed E-state index contributed by atoms with van der Waals surface area (Å²) >= 11 is 0. The molecule has 0 spiro atoms. The third kappa shape index (κ3) is 4.14. The molecule has 7 heteroatoms. The largest absolute Gasteiger partial charge is 0.462 e. The first-order chi connectivity index (χ1) is 15.0. The number of rotatable bonds is 6. The van der Waals surface area contributed by atoms with Gasteiger partial charge in [0.15, 0.2) is 0 Å². The van der Waals surface area contributed by atoms with Crippen LogP contribution < -0.4 is 4.90 Å². The van der Waals surface area contributed by atoms with Gasteiger partial charge in [-0.1, -0.05) is 18.2 Å². The molecule has 1 aliphatic heterocycles. The topological polar surface area (TPSA) is 56.6 Å². The molecule has 3 aromatic rings. The van der Waals surface area contributed by atoms with Crippen molar-refractivity contribution in [1.29, 1.82) is 0 Å². The Kier molecular flexibility index (Phi) is 6.23. The summed E-state index contributed by atoms with van der Waals surface area (Å²) in [7, 11) is 0. The zero-order chi connectivity index (χ0) is 22.0. The van der Waals surface area contributed by atoms with Gasteiger partial charge in [-0.05, 0) is 49.6 Å². The Labute approximate surface area is 181 Å². The molecular weight excluding hydrogens is 397 g/mol. The van der Waals surface area contributed by atoms with E-state index in [0.29, 0.717) is 43.0 Å². The van der Waals surface area contributed by atoms with E-state index in [0.717, 1.165) is 41.2 Å². The lowest BCUT2D eigenvalue weighted by Gasteiger charge is -2.29. The first kappa shape index (κ1) is 21.3. The van der Waals surface area contributed by atoms with E-state index in [1.54, 1.807) is 6.92 Å². The van der Waals surface area contributed by atoms with Crippen molar-refractivity contribution in [2.24, 2.45) is 0 Å². The lowest BCUT2D eigenvalue weighted by Crippen LogP contribution is -2.36. The summed E-state index contributed by atoms with van der Waals surface area (Å²) in [5, 5.41) is 0. The van der Waals surface area contributed by atoms with Crippen LogP contribution in [-0.4, -0.2) is 48.4 Å². The van der Waals surface area contributed by atoms with Crippen molar-refractivity contribution in [2.45, 2.75) is 34.0 Å². The molecule has 0 unspecified atom stereocenters. The summed E-state index contributed by atoms with van der Waals surface area (Å²) < 4.78 is 26.3. The lowest BCUT2D eigenvalue weighted by atomic mass is 10.0. The molecule has 2 heterocycles. The van der Waals surface area contributed by atoms with Gasteiger partial charge in [-0.25, -0.2) is 14.2 Å². The Bertz CT molecular complexity index is 1100. The summed E-state index contributed by atoms with van der Waals surface area (Å²) in [6.07, 6.45) is 0. The van der Waals surface area contributed by atoms with Crippen molar-refractivity contribution in [1.82, 2.24) is 9.55 Å². The maximum atomic E-state index is 13.4. The van der Waals surface area contributed by atoms with Gasteiger partial charge in [0, 0.05) is 25.3 Å².